The van der Waals surface area contributed by atoms with Gasteiger partial charge in [-0.1, -0.05) is 45.0 Å². The summed E-state index contributed by atoms with van der Waals surface area (Å²) < 4.78 is 0. The number of thiol groups is 1. The maximum Gasteiger partial charge on any atom is 0.193 e. The SMILES string of the molecule is CC(C)(C)c1ccc(C(=O)c2ccc(S)cc2)cc1. The zero-order chi connectivity index (χ0) is 14.0. The Morgan fingerprint density at radius 1 is 0.842 bits per heavy atom. The number of hydrogen-bond donors (Lipinski definition) is 1. The van der Waals surface area contributed by atoms with Gasteiger partial charge in [-0.25, -0.2) is 0 Å². The van der Waals surface area contributed by atoms with Crippen LogP contribution >= 0.6 is 12.6 Å². The van der Waals surface area contributed by atoms with E-state index < -0.39 is 0 Å². The van der Waals surface area contributed by atoms with Crippen LogP contribution < -0.4 is 0 Å². The summed E-state index contributed by atoms with van der Waals surface area (Å²) in [4.78, 5) is 13.2. The Balaban J connectivity index is 2.27. The third-order valence-corrected chi connectivity index (χ3v) is 3.44. The normalized spacial score (nSPS) is 11.4. The fourth-order valence-corrected chi connectivity index (χ4v) is 2.05. The molecule has 19 heavy (non-hydrogen) atoms. The quantitative estimate of drug-likeness (QED) is 0.628. The first-order chi connectivity index (χ1) is 8.88. The lowest BCUT2D eigenvalue weighted by Gasteiger charge is -2.19. The zero-order valence-electron chi connectivity index (χ0n) is 11.5. The first kappa shape index (κ1) is 13.9. The summed E-state index contributed by atoms with van der Waals surface area (Å²) in [5, 5.41) is 0. The predicted octanol–water partition coefficient (Wildman–Crippen LogP) is 4.50. The molecule has 0 amide bonds. The number of benzene rings is 2. The van der Waals surface area contributed by atoms with Gasteiger partial charge in [0.05, 0.1) is 0 Å². The summed E-state index contributed by atoms with van der Waals surface area (Å²) in [6.07, 6.45) is 0. The van der Waals surface area contributed by atoms with E-state index in [2.05, 4.69) is 33.4 Å². The van der Waals surface area contributed by atoms with Gasteiger partial charge >= 0.3 is 0 Å². The highest BCUT2D eigenvalue weighted by molar-refractivity contribution is 7.80. The molecule has 0 aliphatic heterocycles. The lowest BCUT2D eigenvalue weighted by Crippen LogP contribution is -2.11. The van der Waals surface area contributed by atoms with Gasteiger partial charge in [0, 0.05) is 16.0 Å². The largest absolute Gasteiger partial charge is 0.289 e. The third kappa shape index (κ3) is 3.27. The minimum absolute atomic E-state index is 0.0498. The molecule has 0 spiro atoms. The molecule has 0 aliphatic rings. The molecule has 0 heterocycles. The van der Waals surface area contributed by atoms with Gasteiger partial charge in [0.25, 0.3) is 0 Å². The van der Waals surface area contributed by atoms with Crippen LogP contribution in [0.3, 0.4) is 0 Å². The second-order valence-corrected chi connectivity index (χ2v) is 6.22. The van der Waals surface area contributed by atoms with Crippen LogP contribution in [0.25, 0.3) is 0 Å². The second-order valence-electron chi connectivity index (χ2n) is 5.70. The Morgan fingerprint density at radius 3 is 1.68 bits per heavy atom. The highest BCUT2D eigenvalue weighted by Crippen LogP contribution is 2.23. The van der Waals surface area contributed by atoms with Crippen molar-refractivity contribution in [1.29, 1.82) is 0 Å². The average Bonchev–Trinajstić information content (AvgIpc) is 2.38. The lowest BCUT2D eigenvalue weighted by molar-refractivity contribution is 0.103. The van der Waals surface area contributed by atoms with E-state index in [1.54, 1.807) is 0 Å². The van der Waals surface area contributed by atoms with Crippen molar-refractivity contribution in [3.8, 4) is 0 Å². The first-order valence-corrected chi connectivity index (χ1v) is 6.77. The van der Waals surface area contributed by atoms with Crippen LogP contribution in [0, 0.1) is 0 Å². The molecule has 0 saturated carbocycles. The van der Waals surface area contributed by atoms with Crippen molar-refractivity contribution < 1.29 is 4.79 Å². The van der Waals surface area contributed by atoms with Crippen molar-refractivity contribution >= 4 is 18.4 Å². The van der Waals surface area contributed by atoms with Crippen LogP contribution in [0.1, 0.15) is 42.3 Å². The number of carbonyl (C=O) groups excluding carboxylic acids is 1. The van der Waals surface area contributed by atoms with Crippen molar-refractivity contribution in [3.05, 3.63) is 65.2 Å². The van der Waals surface area contributed by atoms with E-state index in [0.717, 1.165) is 10.5 Å². The molecule has 0 fully saturated rings. The van der Waals surface area contributed by atoms with Crippen molar-refractivity contribution in [2.24, 2.45) is 0 Å². The Labute approximate surface area is 120 Å². The molecule has 0 N–H and O–H groups in total. The lowest BCUT2D eigenvalue weighted by atomic mass is 9.86. The van der Waals surface area contributed by atoms with Crippen LogP contribution in [0.4, 0.5) is 0 Å². The minimum Gasteiger partial charge on any atom is -0.289 e. The second kappa shape index (κ2) is 5.22. The van der Waals surface area contributed by atoms with E-state index in [0.29, 0.717) is 5.56 Å². The predicted molar refractivity (Wildman–Crippen MR) is 82.3 cm³/mol. The summed E-state index contributed by atoms with van der Waals surface area (Å²) in [6, 6.07) is 15.1. The van der Waals surface area contributed by atoms with Crippen LogP contribution in [-0.2, 0) is 5.41 Å². The molecule has 2 aromatic carbocycles. The third-order valence-electron chi connectivity index (χ3n) is 3.14. The molecule has 98 valence electrons. The topological polar surface area (TPSA) is 17.1 Å². The van der Waals surface area contributed by atoms with Gasteiger partial charge in [-0.05, 0) is 35.2 Å². The van der Waals surface area contributed by atoms with Crippen molar-refractivity contribution in [1.82, 2.24) is 0 Å². The van der Waals surface area contributed by atoms with Gasteiger partial charge in [0.15, 0.2) is 5.78 Å². The number of hydrogen-bond acceptors (Lipinski definition) is 2. The summed E-state index contributed by atoms with van der Waals surface area (Å²) >= 11 is 4.22. The van der Waals surface area contributed by atoms with Crippen LogP contribution in [-0.4, -0.2) is 5.78 Å². The standard InChI is InChI=1S/C17H18OS/c1-17(2,3)14-8-4-12(5-9-14)16(18)13-6-10-15(19)11-7-13/h4-11,19H,1-3H3. The fourth-order valence-electron chi connectivity index (χ4n) is 1.90. The average molecular weight is 270 g/mol. The van der Waals surface area contributed by atoms with Gasteiger partial charge < -0.3 is 0 Å². The fraction of sp³-hybridized carbons (Fsp3) is 0.235. The highest BCUT2D eigenvalue weighted by Gasteiger charge is 2.14. The molecular weight excluding hydrogens is 252 g/mol. The zero-order valence-corrected chi connectivity index (χ0v) is 12.4. The van der Waals surface area contributed by atoms with Crippen molar-refractivity contribution in [2.75, 3.05) is 0 Å². The Kier molecular flexibility index (Phi) is 3.81. The summed E-state index contributed by atoms with van der Waals surface area (Å²) in [5.74, 6) is 0.0498. The number of rotatable bonds is 2. The maximum absolute atomic E-state index is 12.3. The molecule has 0 radical (unpaired) electrons. The van der Waals surface area contributed by atoms with Gasteiger partial charge in [-0.2, -0.15) is 0 Å². The molecule has 0 saturated heterocycles. The molecule has 0 aromatic heterocycles. The Bertz CT molecular complexity index is 574. The van der Waals surface area contributed by atoms with Gasteiger partial charge in [-0.3, -0.25) is 4.79 Å². The van der Waals surface area contributed by atoms with E-state index in [9.17, 15) is 4.79 Å². The van der Waals surface area contributed by atoms with Crippen molar-refractivity contribution in [2.45, 2.75) is 31.1 Å². The van der Waals surface area contributed by atoms with E-state index in [1.807, 2.05) is 48.5 Å². The Morgan fingerprint density at radius 2 is 1.26 bits per heavy atom. The van der Waals surface area contributed by atoms with Crippen LogP contribution in [0.15, 0.2) is 53.4 Å². The monoisotopic (exact) mass is 270 g/mol. The molecule has 2 rings (SSSR count). The first-order valence-electron chi connectivity index (χ1n) is 6.32. The van der Waals surface area contributed by atoms with E-state index in [4.69, 9.17) is 0 Å². The highest BCUT2D eigenvalue weighted by atomic mass is 32.1. The van der Waals surface area contributed by atoms with Crippen LogP contribution in [0.5, 0.6) is 0 Å². The van der Waals surface area contributed by atoms with Crippen LogP contribution in [0.2, 0.25) is 0 Å². The minimum atomic E-state index is 0.0498. The van der Waals surface area contributed by atoms with Gasteiger partial charge in [-0.15, -0.1) is 12.6 Å². The number of carbonyl (C=O) groups is 1. The molecule has 2 aromatic rings. The molecule has 0 atom stereocenters. The van der Waals surface area contributed by atoms with E-state index >= 15 is 0 Å². The molecular formula is C17H18OS. The molecule has 1 nitrogen and oxygen atoms in total. The molecule has 0 unspecified atom stereocenters. The smallest absolute Gasteiger partial charge is 0.193 e. The molecule has 0 aliphatic carbocycles. The summed E-state index contributed by atoms with van der Waals surface area (Å²) in [6.45, 7) is 6.49. The van der Waals surface area contributed by atoms with Gasteiger partial charge in [0.2, 0.25) is 0 Å². The van der Waals surface area contributed by atoms with E-state index in [1.165, 1.54) is 5.56 Å². The van der Waals surface area contributed by atoms with E-state index in [-0.39, 0.29) is 11.2 Å². The summed E-state index contributed by atoms with van der Waals surface area (Å²) in [5.41, 5.74) is 2.76. The summed E-state index contributed by atoms with van der Waals surface area (Å²) in [7, 11) is 0. The Hall–Kier alpha value is -1.54. The number of ketones is 1. The molecule has 0 bridgehead atoms. The van der Waals surface area contributed by atoms with Gasteiger partial charge in [0.1, 0.15) is 0 Å². The van der Waals surface area contributed by atoms with Crippen molar-refractivity contribution in [3.63, 3.8) is 0 Å². The maximum atomic E-state index is 12.3. The molecule has 2 heteroatoms.